The molecule has 0 aliphatic carbocycles. The predicted octanol–water partition coefficient (Wildman–Crippen LogP) is 3.70. The average Bonchev–Trinajstić information content (AvgIpc) is 3.41. The highest BCUT2D eigenvalue weighted by molar-refractivity contribution is 7.44. The molecule has 3 rings (SSSR count). The molecular weight excluding hydrogens is 483 g/mol. The Morgan fingerprint density at radius 1 is 1.39 bits per heavy atom. The summed E-state index contributed by atoms with van der Waals surface area (Å²) in [4.78, 5) is 30.1. The fourth-order valence-corrected chi connectivity index (χ4v) is 5.79. The highest BCUT2D eigenvalue weighted by atomic mass is 31.2. The molecule has 0 saturated carbocycles. The molecule has 0 aromatic carbocycles. The molecule has 13 heteroatoms. The Bertz CT molecular complexity index is 1120. The van der Waals surface area contributed by atoms with E-state index in [1.54, 1.807) is 22.1 Å². The third-order valence-corrected chi connectivity index (χ3v) is 7.75. The first-order chi connectivity index (χ1) is 17.2. The Balaban J connectivity index is 1.98. The molecule has 0 radical (unpaired) electrons. The van der Waals surface area contributed by atoms with E-state index in [0.29, 0.717) is 12.1 Å². The van der Waals surface area contributed by atoms with Crippen molar-refractivity contribution >= 4 is 32.0 Å². The van der Waals surface area contributed by atoms with Crippen molar-refractivity contribution in [2.24, 2.45) is 4.99 Å². The summed E-state index contributed by atoms with van der Waals surface area (Å²) >= 11 is 0. The smallest absolute Gasteiger partial charge is 0.280 e. The zero-order chi connectivity index (χ0) is 26.4. The number of ether oxygens (including phenoxy) is 1. The van der Waals surface area contributed by atoms with Gasteiger partial charge in [-0.15, -0.1) is 0 Å². The van der Waals surface area contributed by atoms with Crippen LogP contribution in [0.2, 0.25) is 0 Å². The monoisotopic (exact) mass is 520 g/mol. The van der Waals surface area contributed by atoms with E-state index in [9.17, 15) is 4.79 Å². The van der Waals surface area contributed by atoms with Crippen LogP contribution in [0.5, 0.6) is 0 Å². The van der Waals surface area contributed by atoms with Gasteiger partial charge in [0.15, 0.2) is 17.4 Å². The fraction of sp³-hybridized carbons (Fsp3) is 0.696. The number of imidazole rings is 1. The number of H-pyrrole nitrogens is 1. The van der Waals surface area contributed by atoms with E-state index in [2.05, 4.69) is 65.3 Å². The van der Waals surface area contributed by atoms with E-state index in [-0.39, 0.29) is 54.3 Å². The van der Waals surface area contributed by atoms with Crippen LogP contribution < -0.4 is 5.56 Å². The second kappa shape index (κ2) is 12.7. The first-order valence-electron chi connectivity index (χ1n) is 12.2. The van der Waals surface area contributed by atoms with E-state index in [4.69, 9.17) is 19.0 Å². The Labute approximate surface area is 213 Å². The zero-order valence-electron chi connectivity index (χ0n) is 22.1. The summed E-state index contributed by atoms with van der Waals surface area (Å²) in [7, 11) is 2.19. The Kier molecular flexibility index (Phi) is 9.93. The second-order valence-corrected chi connectivity index (χ2v) is 10.8. The normalized spacial score (nSPS) is 21.3. The number of fused-ring (bicyclic) bond motifs is 1. The van der Waals surface area contributed by atoms with E-state index in [1.165, 1.54) is 0 Å². The van der Waals surface area contributed by atoms with Gasteiger partial charge >= 0.3 is 0 Å². The molecule has 1 aliphatic heterocycles. The third kappa shape index (κ3) is 6.66. The number of nitrogens with one attached hydrogen (secondary N) is 1. The van der Waals surface area contributed by atoms with Crippen LogP contribution in [-0.2, 0) is 13.8 Å². The number of hydrogen-bond donors (Lipinski definition) is 1. The minimum absolute atomic E-state index is 0.0341. The summed E-state index contributed by atoms with van der Waals surface area (Å²) in [5.41, 5.74) is 0.207. The molecule has 3 heterocycles. The second-order valence-electron chi connectivity index (χ2n) is 9.40. The van der Waals surface area contributed by atoms with Crippen molar-refractivity contribution in [3.63, 3.8) is 0 Å². The van der Waals surface area contributed by atoms with Crippen molar-refractivity contribution in [1.82, 2.24) is 29.1 Å². The highest BCUT2D eigenvalue weighted by Gasteiger charge is 2.41. The molecule has 2 aromatic rings. The van der Waals surface area contributed by atoms with Gasteiger partial charge in [-0.05, 0) is 34.1 Å². The summed E-state index contributed by atoms with van der Waals surface area (Å²) in [6.45, 7) is 10.7. The quantitative estimate of drug-likeness (QED) is 0.192. The van der Waals surface area contributed by atoms with Gasteiger partial charge in [0.25, 0.3) is 14.1 Å². The van der Waals surface area contributed by atoms with Crippen LogP contribution in [0.3, 0.4) is 0 Å². The molecule has 1 fully saturated rings. The highest BCUT2D eigenvalue weighted by Crippen LogP contribution is 2.50. The molecule has 36 heavy (non-hydrogen) atoms. The molecule has 12 nitrogen and oxygen atoms in total. The number of aromatic amines is 1. The first kappa shape index (κ1) is 28.2. The van der Waals surface area contributed by atoms with Crippen LogP contribution in [0.1, 0.15) is 60.1 Å². The molecule has 4 atom stereocenters. The molecule has 0 amide bonds. The molecule has 1 N–H and O–H groups in total. The van der Waals surface area contributed by atoms with Gasteiger partial charge in [-0.1, -0.05) is 6.92 Å². The molecule has 1 unspecified atom stereocenters. The molecular formula is C23H37N8O4P. The number of nitriles is 1. The Hall–Kier alpha value is -2.42. The lowest BCUT2D eigenvalue weighted by Gasteiger charge is -2.37. The number of aliphatic imine (C=N–C) groups is 1. The molecule has 198 valence electrons. The van der Waals surface area contributed by atoms with Crippen LogP contribution in [0.4, 0.5) is 5.95 Å². The van der Waals surface area contributed by atoms with Crippen LogP contribution in [0.25, 0.3) is 11.2 Å². The van der Waals surface area contributed by atoms with E-state index in [1.807, 2.05) is 14.1 Å². The van der Waals surface area contributed by atoms with Gasteiger partial charge in [-0.25, -0.2) is 14.6 Å². The summed E-state index contributed by atoms with van der Waals surface area (Å²) in [6.07, 6.45) is 3.92. The van der Waals surface area contributed by atoms with Crippen molar-refractivity contribution in [3.8, 4) is 6.07 Å². The van der Waals surface area contributed by atoms with Crippen molar-refractivity contribution in [2.45, 2.75) is 84.4 Å². The van der Waals surface area contributed by atoms with Gasteiger partial charge in [0.2, 0.25) is 5.95 Å². The van der Waals surface area contributed by atoms with Gasteiger partial charge in [0, 0.05) is 32.6 Å². The Morgan fingerprint density at radius 3 is 2.72 bits per heavy atom. The van der Waals surface area contributed by atoms with Gasteiger partial charge in [-0.2, -0.15) is 10.2 Å². The van der Waals surface area contributed by atoms with Crippen molar-refractivity contribution in [3.05, 3.63) is 16.7 Å². The molecule has 0 spiro atoms. The van der Waals surface area contributed by atoms with Crippen LogP contribution >= 0.6 is 8.53 Å². The van der Waals surface area contributed by atoms with Crippen LogP contribution in [0.15, 0.2) is 16.1 Å². The molecule has 1 saturated heterocycles. The van der Waals surface area contributed by atoms with Crippen LogP contribution in [0, 0.1) is 11.3 Å². The molecule has 0 bridgehead atoms. The average molecular weight is 521 g/mol. The van der Waals surface area contributed by atoms with E-state index < -0.39 is 14.8 Å². The summed E-state index contributed by atoms with van der Waals surface area (Å²) < 4.78 is 23.0. The van der Waals surface area contributed by atoms with Crippen LogP contribution in [-0.4, -0.2) is 80.4 Å². The lowest BCUT2D eigenvalue weighted by Crippen LogP contribution is -2.35. The number of rotatable bonds is 12. The van der Waals surface area contributed by atoms with Crippen molar-refractivity contribution < 1.29 is 13.8 Å². The SMILES string of the molecule is CC[C@@H]1C[C@@H](OP(OCCC#N)N(C(C)C)C(C)C)[C@H](n2cnc3c(=O)[nH]c(/N=C/N(C)C)nc32)O1. The summed E-state index contributed by atoms with van der Waals surface area (Å²) in [5.74, 6) is 0.179. The zero-order valence-corrected chi connectivity index (χ0v) is 23.0. The minimum atomic E-state index is -1.47. The number of nitrogens with zero attached hydrogens (tertiary/aromatic N) is 7. The maximum atomic E-state index is 12.7. The number of aromatic nitrogens is 4. The number of hydrogen-bond acceptors (Lipinski definition) is 9. The van der Waals surface area contributed by atoms with Gasteiger partial charge < -0.3 is 18.7 Å². The van der Waals surface area contributed by atoms with E-state index in [0.717, 1.165) is 6.42 Å². The summed E-state index contributed by atoms with van der Waals surface area (Å²) in [6, 6.07) is 2.48. The van der Waals surface area contributed by atoms with Crippen molar-refractivity contribution in [1.29, 1.82) is 5.26 Å². The molecule has 1 aliphatic rings. The maximum absolute atomic E-state index is 12.7. The topological polar surface area (TPSA) is 134 Å². The minimum Gasteiger partial charge on any atom is -0.369 e. The third-order valence-electron chi connectivity index (χ3n) is 5.59. The predicted molar refractivity (Wildman–Crippen MR) is 139 cm³/mol. The van der Waals surface area contributed by atoms with E-state index >= 15 is 0 Å². The van der Waals surface area contributed by atoms with Gasteiger partial charge in [0.1, 0.15) is 6.10 Å². The first-order valence-corrected chi connectivity index (χ1v) is 13.4. The maximum Gasteiger partial charge on any atom is 0.280 e. The van der Waals surface area contributed by atoms with Gasteiger partial charge in [0.05, 0.1) is 37.9 Å². The largest absolute Gasteiger partial charge is 0.369 e. The standard InChI is InChI=1S/C23H37N8O4P/c1-8-17-12-18(35-36(33-11-9-10-24)31(15(2)3)16(4)5)22(34-17)30-14-25-19-20(30)27-23(28-21(19)32)26-13-29(6)7/h13-18,22H,8-9,11-12H2,1-7H3,(H,27,28,32)/b26-13+/t17-,18-,22-,36?/m1/s1. The fourth-order valence-electron chi connectivity index (χ4n) is 4.06. The van der Waals surface area contributed by atoms with Gasteiger partial charge in [-0.3, -0.25) is 14.3 Å². The lowest BCUT2D eigenvalue weighted by atomic mass is 10.1. The lowest BCUT2D eigenvalue weighted by molar-refractivity contribution is -0.0323. The molecule has 2 aromatic heterocycles. The summed E-state index contributed by atoms with van der Waals surface area (Å²) in [5, 5.41) is 9.01. The van der Waals surface area contributed by atoms with Crippen molar-refractivity contribution in [2.75, 3.05) is 20.7 Å². The Morgan fingerprint density at radius 2 is 2.11 bits per heavy atom.